The molecule has 0 fully saturated rings. The maximum atomic E-state index is 12.0. The number of benzene rings is 2. The highest BCUT2D eigenvalue weighted by atomic mass is 16.5. The van der Waals surface area contributed by atoms with Crippen molar-refractivity contribution in [2.24, 2.45) is 5.10 Å². The minimum Gasteiger partial charge on any atom is -0.493 e. The summed E-state index contributed by atoms with van der Waals surface area (Å²) in [5.74, 6) is 0.414. The number of ether oxygens (including phenoxy) is 1. The van der Waals surface area contributed by atoms with Crippen molar-refractivity contribution in [3.63, 3.8) is 0 Å². The molecule has 0 saturated carbocycles. The van der Waals surface area contributed by atoms with E-state index in [1.54, 1.807) is 30.5 Å². The zero-order chi connectivity index (χ0) is 17.9. The summed E-state index contributed by atoms with van der Waals surface area (Å²) in [4.78, 5) is 12.0. The molecule has 0 bridgehead atoms. The molecule has 0 spiro atoms. The molecule has 0 heterocycles. The SMILES string of the molecule is CCCCCOc1ccccc1/C=N\NC(=O)c1ccc(C#N)cc1. The fourth-order valence-electron chi connectivity index (χ4n) is 2.17. The van der Waals surface area contributed by atoms with Gasteiger partial charge >= 0.3 is 0 Å². The fourth-order valence-corrected chi connectivity index (χ4v) is 2.17. The highest BCUT2D eigenvalue weighted by molar-refractivity contribution is 5.95. The fraction of sp³-hybridized carbons (Fsp3) is 0.250. The summed E-state index contributed by atoms with van der Waals surface area (Å²) in [6.45, 7) is 2.81. The summed E-state index contributed by atoms with van der Waals surface area (Å²) >= 11 is 0. The van der Waals surface area contributed by atoms with Crippen LogP contribution in [0.25, 0.3) is 0 Å². The molecule has 0 aromatic heterocycles. The quantitative estimate of drug-likeness (QED) is 0.452. The van der Waals surface area contributed by atoms with E-state index in [1.165, 1.54) is 0 Å². The molecular weight excluding hydrogens is 314 g/mol. The van der Waals surface area contributed by atoms with Gasteiger partial charge in [-0.2, -0.15) is 10.4 Å². The number of carbonyl (C=O) groups excluding carboxylic acids is 1. The highest BCUT2D eigenvalue weighted by Crippen LogP contribution is 2.16. The van der Waals surface area contributed by atoms with E-state index in [1.807, 2.05) is 30.3 Å². The Bertz CT molecular complexity index is 761. The second kappa shape index (κ2) is 9.89. The molecule has 0 unspecified atom stereocenters. The van der Waals surface area contributed by atoms with E-state index in [0.29, 0.717) is 17.7 Å². The molecule has 0 atom stereocenters. The number of hydrazone groups is 1. The normalized spacial score (nSPS) is 10.4. The lowest BCUT2D eigenvalue weighted by Gasteiger charge is -2.08. The first-order valence-electron chi connectivity index (χ1n) is 8.30. The lowest BCUT2D eigenvalue weighted by Crippen LogP contribution is -2.17. The van der Waals surface area contributed by atoms with E-state index < -0.39 is 0 Å². The standard InChI is InChI=1S/C20H21N3O2/c1-2-3-6-13-25-19-8-5-4-7-18(19)15-22-23-20(24)17-11-9-16(14-21)10-12-17/h4-5,7-12,15H,2-3,6,13H2,1H3,(H,23,24)/b22-15-. The summed E-state index contributed by atoms with van der Waals surface area (Å²) in [5.41, 5.74) is 4.24. The average molecular weight is 335 g/mol. The van der Waals surface area contributed by atoms with Gasteiger partial charge in [0.25, 0.3) is 5.91 Å². The molecule has 5 heteroatoms. The van der Waals surface area contributed by atoms with Crippen molar-refractivity contribution in [2.45, 2.75) is 26.2 Å². The van der Waals surface area contributed by atoms with E-state index in [0.717, 1.165) is 30.6 Å². The van der Waals surface area contributed by atoms with Crippen LogP contribution in [0.15, 0.2) is 53.6 Å². The predicted molar refractivity (Wildman–Crippen MR) is 97.7 cm³/mol. The van der Waals surface area contributed by atoms with Gasteiger partial charge in [-0.3, -0.25) is 4.79 Å². The summed E-state index contributed by atoms with van der Waals surface area (Å²) < 4.78 is 5.77. The van der Waals surface area contributed by atoms with Crippen LogP contribution >= 0.6 is 0 Å². The average Bonchev–Trinajstić information content (AvgIpc) is 2.66. The van der Waals surface area contributed by atoms with Gasteiger partial charge in [-0.1, -0.05) is 31.9 Å². The van der Waals surface area contributed by atoms with Gasteiger partial charge in [-0.15, -0.1) is 0 Å². The summed E-state index contributed by atoms with van der Waals surface area (Å²) in [5, 5.41) is 12.8. The zero-order valence-corrected chi connectivity index (χ0v) is 14.2. The van der Waals surface area contributed by atoms with Crippen LogP contribution < -0.4 is 10.2 Å². The Hall–Kier alpha value is -3.13. The van der Waals surface area contributed by atoms with Gasteiger partial charge in [0, 0.05) is 11.1 Å². The maximum Gasteiger partial charge on any atom is 0.271 e. The van der Waals surface area contributed by atoms with E-state index >= 15 is 0 Å². The van der Waals surface area contributed by atoms with Crippen LogP contribution in [0.1, 0.15) is 47.7 Å². The number of amides is 1. The molecule has 2 aromatic rings. The van der Waals surface area contributed by atoms with Gasteiger partial charge in [0.1, 0.15) is 5.75 Å². The van der Waals surface area contributed by atoms with E-state index in [2.05, 4.69) is 17.5 Å². The van der Waals surface area contributed by atoms with Crippen LogP contribution in [0.4, 0.5) is 0 Å². The number of rotatable bonds is 8. The lowest BCUT2D eigenvalue weighted by molar-refractivity contribution is 0.0955. The Balaban J connectivity index is 1.94. The van der Waals surface area contributed by atoms with Crippen molar-refractivity contribution in [1.29, 1.82) is 5.26 Å². The Morgan fingerprint density at radius 3 is 2.68 bits per heavy atom. The third kappa shape index (κ3) is 5.78. The number of carbonyl (C=O) groups is 1. The van der Waals surface area contributed by atoms with Crippen molar-refractivity contribution in [1.82, 2.24) is 5.43 Å². The zero-order valence-electron chi connectivity index (χ0n) is 14.2. The molecule has 2 rings (SSSR count). The number of nitriles is 1. The first kappa shape index (κ1) is 18.2. The molecule has 1 N–H and O–H groups in total. The molecule has 0 aliphatic rings. The summed E-state index contributed by atoms with van der Waals surface area (Å²) in [7, 11) is 0. The monoisotopic (exact) mass is 335 g/mol. The second-order valence-corrected chi connectivity index (χ2v) is 5.48. The number of unbranched alkanes of at least 4 members (excludes halogenated alkanes) is 2. The number of nitrogens with one attached hydrogen (secondary N) is 1. The van der Waals surface area contributed by atoms with Crippen molar-refractivity contribution >= 4 is 12.1 Å². The second-order valence-electron chi connectivity index (χ2n) is 5.48. The van der Waals surface area contributed by atoms with Gasteiger partial charge in [0.15, 0.2) is 0 Å². The molecule has 0 aliphatic heterocycles. The third-order valence-electron chi connectivity index (χ3n) is 3.57. The van der Waals surface area contributed by atoms with E-state index in [4.69, 9.17) is 10.00 Å². The van der Waals surface area contributed by atoms with Crippen molar-refractivity contribution in [3.8, 4) is 11.8 Å². The topological polar surface area (TPSA) is 74.5 Å². The van der Waals surface area contributed by atoms with Crippen LogP contribution in [0.3, 0.4) is 0 Å². The Morgan fingerprint density at radius 2 is 1.96 bits per heavy atom. The molecule has 5 nitrogen and oxygen atoms in total. The van der Waals surface area contributed by atoms with Gasteiger partial charge in [-0.25, -0.2) is 5.43 Å². The van der Waals surface area contributed by atoms with E-state index in [9.17, 15) is 4.79 Å². The first-order valence-corrected chi connectivity index (χ1v) is 8.30. The van der Waals surface area contributed by atoms with Crippen molar-refractivity contribution in [2.75, 3.05) is 6.61 Å². The molecule has 1 amide bonds. The van der Waals surface area contributed by atoms with Gasteiger partial charge in [0.2, 0.25) is 0 Å². The van der Waals surface area contributed by atoms with Crippen LogP contribution in [0, 0.1) is 11.3 Å². The molecule has 25 heavy (non-hydrogen) atoms. The van der Waals surface area contributed by atoms with E-state index in [-0.39, 0.29) is 5.91 Å². The molecular formula is C20H21N3O2. The molecule has 0 saturated heterocycles. The van der Waals surface area contributed by atoms with Crippen LogP contribution in [0.5, 0.6) is 5.75 Å². The van der Waals surface area contributed by atoms with Gasteiger partial charge < -0.3 is 4.74 Å². The molecule has 128 valence electrons. The summed E-state index contributed by atoms with van der Waals surface area (Å²) in [6.07, 6.45) is 4.86. The molecule has 2 aromatic carbocycles. The number of para-hydroxylation sites is 1. The largest absolute Gasteiger partial charge is 0.493 e. The predicted octanol–water partition coefficient (Wildman–Crippen LogP) is 3.89. The summed E-state index contributed by atoms with van der Waals surface area (Å²) in [6, 6.07) is 15.9. The van der Waals surface area contributed by atoms with Crippen LogP contribution in [-0.4, -0.2) is 18.7 Å². The van der Waals surface area contributed by atoms with Crippen LogP contribution in [0.2, 0.25) is 0 Å². The number of hydrogen-bond acceptors (Lipinski definition) is 4. The van der Waals surface area contributed by atoms with Crippen molar-refractivity contribution in [3.05, 3.63) is 65.2 Å². The first-order chi connectivity index (χ1) is 12.2. The number of nitrogens with zero attached hydrogens (tertiary/aromatic N) is 2. The smallest absolute Gasteiger partial charge is 0.271 e. The van der Waals surface area contributed by atoms with Gasteiger partial charge in [-0.05, 0) is 42.8 Å². The Kier molecular flexibility index (Phi) is 7.20. The lowest BCUT2D eigenvalue weighted by atomic mass is 10.1. The Morgan fingerprint density at radius 1 is 1.20 bits per heavy atom. The minimum atomic E-state index is -0.331. The highest BCUT2D eigenvalue weighted by Gasteiger charge is 2.04. The third-order valence-corrected chi connectivity index (χ3v) is 3.57. The molecule has 0 radical (unpaired) electrons. The maximum absolute atomic E-state index is 12.0. The Labute approximate surface area is 147 Å². The molecule has 0 aliphatic carbocycles. The van der Waals surface area contributed by atoms with Crippen molar-refractivity contribution < 1.29 is 9.53 Å². The number of hydrogen-bond donors (Lipinski definition) is 1. The van der Waals surface area contributed by atoms with Gasteiger partial charge in [0.05, 0.1) is 24.5 Å². The van der Waals surface area contributed by atoms with Crippen LogP contribution in [-0.2, 0) is 0 Å². The minimum absolute atomic E-state index is 0.331.